The zero-order valence-corrected chi connectivity index (χ0v) is 35.8. The number of rotatable bonds is 24. The summed E-state index contributed by atoms with van der Waals surface area (Å²) in [5, 5.41) is 2.06. The summed E-state index contributed by atoms with van der Waals surface area (Å²) < 4.78 is 36.5. The van der Waals surface area contributed by atoms with Gasteiger partial charge in [0.25, 0.3) is 0 Å². The SMILES string of the molecule is C=C(C)C(=O)OCOC(CCOc1ccc2cc(-c3ccc(CCCCC)cc3CC)oc2c1)CCOc1ccc2cc(-c3ccc(CCCCC)cc3CC)oc2c1. The molecular formula is C52H62O7. The second-order valence-corrected chi connectivity index (χ2v) is 15.6. The van der Waals surface area contributed by atoms with Crippen LogP contribution in [0.4, 0.5) is 0 Å². The molecule has 0 spiro atoms. The number of furan rings is 2. The van der Waals surface area contributed by atoms with Crippen molar-refractivity contribution in [2.75, 3.05) is 20.0 Å². The van der Waals surface area contributed by atoms with Crippen molar-refractivity contribution in [3.05, 3.63) is 119 Å². The van der Waals surface area contributed by atoms with Crippen LogP contribution >= 0.6 is 0 Å². The van der Waals surface area contributed by atoms with Crippen molar-refractivity contribution in [1.82, 2.24) is 0 Å². The van der Waals surface area contributed by atoms with E-state index in [1.165, 1.54) is 60.8 Å². The fourth-order valence-electron chi connectivity index (χ4n) is 7.53. The molecule has 0 N–H and O–H groups in total. The number of ether oxygens (including phenoxy) is 4. The van der Waals surface area contributed by atoms with Crippen LogP contribution in [0.5, 0.6) is 11.5 Å². The van der Waals surface area contributed by atoms with Gasteiger partial charge in [0.1, 0.15) is 34.2 Å². The molecule has 0 saturated carbocycles. The number of carbonyl (C=O) groups is 1. The van der Waals surface area contributed by atoms with E-state index in [9.17, 15) is 4.79 Å². The van der Waals surface area contributed by atoms with E-state index in [1.807, 2.05) is 36.4 Å². The van der Waals surface area contributed by atoms with Crippen LogP contribution in [0.2, 0.25) is 0 Å². The highest BCUT2D eigenvalue weighted by Crippen LogP contribution is 2.35. The molecule has 0 fully saturated rings. The molecule has 7 heteroatoms. The summed E-state index contributed by atoms with van der Waals surface area (Å²) in [6, 6.07) is 29.7. The van der Waals surface area contributed by atoms with Crippen LogP contribution < -0.4 is 9.47 Å². The van der Waals surface area contributed by atoms with Crippen molar-refractivity contribution in [2.45, 2.75) is 118 Å². The predicted molar refractivity (Wildman–Crippen MR) is 239 cm³/mol. The van der Waals surface area contributed by atoms with Crippen LogP contribution in [-0.4, -0.2) is 32.1 Å². The summed E-state index contributed by atoms with van der Waals surface area (Å²) in [6.45, 7) is 14.7. The van der Waals surface area contributed by atoms with Crippen LogP contribution in [-0.2, 0) is 40.0 Å². The maximum Gasteiger partial charge on any atom is 0.335 e. The second-order valence-electron chi connectivity index (χ2n) is 15.6. The lowest BCUT2D eigenvalue weighted by molar-refractivity contribution is -0.157. The number of esters is 1. The van der Waals surface area contributed by atoms with Gasteiger partial charge in [-0.1, -0.05) is 96.4 Å². The molecule has 2 heterocycles. The molecule has 0 unspecified atom stereocenters. The van der Waals surface area contributed by atoms with Gasteiger partial charge in [0.05, 0.1) is 19.3 Å². The molecule has 0 aliphatic carbocycles. The third kappa shape index (κ3) is 11.9. The molecule has 6 aromatic rings. The Morgan fingerprint density at radius 2 is 1.12 bits per heavy atom. The van der Waals surface area contributed by atoms with Gasteiger partial charge in [-0.2, -0.15) is 0 Å². The number of benzene rings is 4. The maximum atomic E-state index is 12.1. The standard InChI is InChI=1S/C52H62O7/c1-7-11-13-15-37-17-23-46(39(9-3)29-37)50-31-41-19-21-44(33-48(41)58-50)54-27-25-43(56-35-57-52(53)36(5)6)26-28-55-45-22-20-42-32-51(59-49(42)34-45)47-24-18-38(16-14-12-8-2)30-40(47)10-4/h17-24,29-34,43H,5,7-16,25-28,35H2,1-4,6H3. The average Bonchev–Trinajstić information content (AvgIpc) is 3.87. The van der Waals surface area contributed by atoms with Gasteiger partial charge in [0.2, 0.25) is 0 Å². The summed E-state index contributed by atoms with van der Waals surface area (Å²) in [5.74, 6) is 2.67. The fourth-order valence-corrected chi connectivity index (χ4v) is 7.53. The van der Waals surface area contributed by atoms with Gasteiger partial charge < -0.3 is 27.8 Å². The largest absolute Gasteiger partial charge is 0.493 e. The van der Waals surface area contributed by atoms with Crippen LogP contribution in [0.25, 0.3) is 44.6 Å². The Bertz CT molecular complexity index is 2150. The molecule has 0 atom stereocenters. The van der Waals surface area contributed by atoms with Crippen molar-refractivity contribution < 1.29 is 32.6 Å². The highest BCUT2D eigenvalue weighted by atomic mass is 16.7. The van der Waals surface area contributed by atoms with Gasteiger partial charge in [-0.05, 0) is 104 Å². The summed E-state index contributed by atoms with van der Waals surface area (Å²) >= 11 is 0. The first kappa shape index (κ1) is 43.3. The molecule has 59 heavy (non-hydrogen) atoms. The minimum absolute atomic E-state index is 0.183. The van der Waals surface area contributed by atoms with Crippen molar-refractivity contribution >= 4 is 27.9 Å². The molecule has 0 aliphatic rings. The maximum absolute atomic E-state index is 12.1. The summed E-state index contributed by atoms with van der Waals surface area (Å²) in [6.07, 6.45) is 12.3. The zero-order valence-electron chi connectivity index (χ0n) is 35.8. The zero-order chi connectivity index (χ0) is 41.6. The molecule has 2 aromatic heterocycles. The highest BCUT2D eigenvalue weighted by Gasteiger charge is 2.16. The van der Waals surface area contributed by atoms with Crippen LogP contribution in [0.15, 0.2) is 106 Å². The molecule has 0 aliphatic heterocycles. The molecule has 0 bridgehead atoms. The Morgan fingerprint density at radius 1 is 0.627 bits per heavy atom. The van der Waals surface area contributed by atoms with E-state index in [0.717, 1.165) is 70.3 Å². The number of aryl methyl sites for hydroxylation is 4. The van der Waals surface area contributed by atoms with Crippen molar-refractivity contribution in [3.63, 3.8) is 0 Å². The van der Waals surface area contributed by atoms with E-state index in [1.54, 1.807) is 6.92 Å². The number of unbranched alkanes of at least 4 members (excludes halogenated alkanes) is 4. The third-order valence-electron chi connectivity index (χ3n) is 11.0. The minimum atomic E-state index is -0.489. The lowest BCUT2D eigenvalue weighted by Crippen LogP contribution is -2.22. The van der Waals surface area contributed by atoms with E-state index in [4.69, 9.17) is 27.8 Å². The fraction of sp³-hybridized carbons (Fsp3) is 0.404. The number of fused-ring (bicyclic) bond motifs is 2. The monoisotopic (exact) mass is 798 g/mol. The Hall–Kier alpha value is -5.27. The second kappa shape index (κ2) is 21.7. The van der Waals surface area contributed by atoms with E-state index >= 15 is 0 Å². The topological polar surface area (TPSA) is 80.3 Å². The van der Waals surface area contributed by atoms with Crippen LogP contribution in [0, 0.1) is 0 Å². The molecule has 0 amide bonds. The Balaban J connectivity index is 1.06. The molecule has 0 radical (unpaired) electrons. The Kier molecular flexibility index (Phi) is 15.9. The number of hydrogen-bond donors (Lipinski definition) is 0. The van der Waals surface area contributed by atoms with E-state index in [2.05, 4.69) is 82.8 Å². The molecule has 0 saturated heterocycles. The molecule has 6 rings (SSSR count). The van der Waals surface area contributed by atoms with Gasteiger partial charge in [-0.25, -0.2) is 4.79 Å². The predicted octanol–water partition coefficient (Wildman–Crippen LogP) is 13.8. The minimum Gasteiger partial charge on any atom is -0.493 e. The molecule has 312 valence electrons. The lowest BCUT2D eigenvalue weighted by atomic mass is 9.97. The van der Waals surface area contributed by atoms with Crippen LogP contribution in [0.1, 0.15) is 108 Å². The quantitative estimate of drug-likeness (QED) is 0.0261. The van der Waals surface area contributed by atoms with E-state index in [0.29, 0.717) is 43.1 Å². The van der Waals surface area contributed by atoms with Gasteiger partial charge in [0, 0.05) is 52.4 Å². The molecule has 7 nitrogen and oxygen atoms in total. The number of hydrogen-bond acceptors (Lipinski definition) is 7. The first-order chi connectivity index (χ1) is 28.8. The molecular weight excluding hydrogens is 737 g/mol. The Morgan fingerprint density at radius 3 is 1.56 bits per heavy atom. The summed E-state index contributed by atoms with van der Waals surface area (Å²) in [4.78, 5) is 12.1. The normalized spacial score (nSPS) is 11.5. The van der Waals surface area contributed by atoms with Crippen molar-refractivity contribution in [3.8, 4) is 34.1 Å². The first-order valence-corrected chi connectivity index (χ1v) is 21.8. The van der Waals surface area contributed by atoms with Gasteiger partial charge in [-0.15, -0.1) is 0 Å². The first-order valence-electron chi connectivity index (χ1n) is 21.8. The van der Waals surface area contributed by atoms with Crippen molar-refractivity contribution in [1.29, 1.82) is 0 Å². The summed E-state index contributed by atoms with van der Waals surface area (Å²) in [5.41, 5.74) is 9.53. The van der Waals surface area contributed by atoms with Gasteiger partial charge in [-0.3, -0.25) is 0 Å². The summed E-state index contributed by atoms with van der Waals surface area (Å²) in [7, 11) is 0. The van der Waals surface area contributed by atoms with E-state index in [-0.39, 0.29) is 12.9 Å². The van der Waals surface area contributed by atoms with E-state index < -0.39 is 5.97 Å². The molecule has 4 aromatic carbocycles. The number of carbonyl (C=O) groups excluding carboxylic acids is 1. The van der Waals surface area contributed by atoms with Crippen molar-refractivity contribution in [2.24, 2.45) is 0 Å². The van der Waals surface area contributed by atoms with Crippen LogP contribution in [0.3, 0.4) is 0 Å². The highest BCUT2D eigenvalue weighted by molar-refractivity contribution is 5.87. The smallest absolute Gasteiger partial charge is 0.335 e. The lowest BCUT2D eigenvalue weighted by Gasteiger charge is -2.18. The van der Waals surface area contributed by atoms with Gasteiger partial charge >= 0.3 is 5.97 Å². The van der Waals surface area contributed by atoms with Gasteiger partial charge in [0.15, 0.2) is 6.79 Å². The Labute approximate surface area is 350 Å². The average molecular weight is 799 g/mol. The third-order valence-corrected chi connectivity index (χ3v) is 11.0.